The van der Waals surface area contributed by atoms with Gasteiger partial charge in [-0.2, -0.15) is 0 Å². The van der Waals surface area contributed by atoms with E-state index in [2.05, 4.69) is 0 Å². The van der Waals surface area contributed by atoms with Gasteiger partial charge in [0.2, 0.25) is 0 Å². The van der Waals surface area contributed by atoms with Crippen LogP contribution < -0.4 is 4.74 Å². The third kappa shape index (κ3) is 7.74. The number of nitrogens with zero attached hydrogens (tertiary/aromatic N) is 1. The molecule has 156 valence electrons. The standard InChI is InChI=1S/C22H26ClNO4S/c1-15(2)11-12-24(21(16(3)25)22(26)27)29-20-9-7-19(8-10-20)28-14-17-5-4-6-18(23)13-17/h4-11,13,16,21,25H,12,14H2,1-3H3,(H,26,27). The molecule has 2 aromatic rings. The number of allylic oxidation sites excluding steroid dienone is 1. The number of carbonyl (C=O) groups is 1. The Morgan fingerprint density at radius 2 is 1.93 bits per heavy atom. The maximum Gasteiger partial charge on any atom is 0.324 e. The zero-order valence-electron chi connectivity index (χ0n) is 16.7. The maximum absolute atomic E-state index is 11.7. The molecule has 0 aliphatic heterocycles. The largest absolute Gasteiger partial charge is 0.489 e. The number of halogens is 1. The summed E-state index contributed by atoms with van der Waals surface area (Å²) in [5.74, 6) is -0.355. The highest BCUT2D eigenvalue weighted by Crippen LogP contribution is 2.28. The molecule has 0 aliphatic carbocycles. The Hall–Kier alpha value is -1.99. The van der Waals surface area contributed by atoms with Gasteiger partial charge in [0.15, 0.2) is 0 Å². The van der Waals surface area contributed by atoms with Gasteiger partial charge in [0.1, 0.15) is 18.4 Å². The normalized spacial score (nSPS) is 13.0. The van der Waals surface area contributed by atoms with E-state index in [1.54, 1.807) is 4.31 Å². The Morgan fingerprint density at radius 3 is 2.48 bits per heavy atom. The molecule has 29 heavy (non-hydrogen) atoms. The summed E-state index contributed by atoms with van der Waals surface area (Å²) in [4.78, 5) is 12.5. The quantitative estimate of drug-likeness (QED) is 0.403. The summed E-state index contributed by atoms with van der Waals surface area (Å²) in [6.45, 7) is 6.20. The second-order valence-corrected chi connectivity index (χ2v) is 8.45. The highest BCUT2D eigenvalue weighted by molar-refractivity contribution is 7.97. The lowest BCUT2D eigenvalue weighted by Crippen LogP contribution is -2.44. The highest BCUT2D eigenvalue weighted by atomic mass is 35.5. The van der Waals surface area contributed by atoms with Crippen molar-refractivity contribution in [2.24, 2.45) is 0 Å². The topological polar surface area (TPSA) is 70.0 Å². The average Bonchev–Trinajstić information content (AvgIpc) is 2.65. The number of hydrogen-bond acceptors (Lipinski definition) is 5. The van der Waals surface area contributed by atoms with Gasteiger partial charge in [-0.05, 0) is 74.7 Å². The van der Waals surface area contributed by atoms with Crippen LogP contribution in [0.5, 0.6) is 5.75 Å². The number of carboxylic acids is 1. The lowest BCUT2D eigenvalue weighted by atomic mass is 10.2. The average molecular weight is 436 g/mol. The predicted molar refractivity (Wildman–Crippen MR) is 117 cm³/mol. The number of hydrogen-bond donors (Lipinski definition) is 2. The van der Waals surface area contributed by atoms with Gasteiger partial charge < -0.3 is 14.9 Å². The number of aliphatic hydroxyl groups is 1. The lowest BCUT2D eigenvalue weighted by Gasteiger charge is -2.28. The van der Waals surface area contributed by atoms with Crippen molar-refractivity contribution in [2.45, 2.75) is 44.4 Å². The van der Waals surface area contributed by atoms with Crippen molar-refractivity contribution in [1.82, 2.24) is 4.31 Å². The molecule has 0 bridgehead atoms. The molecule has 0 aromatic heterocycles. The molecule has 5 nitrogen and oxygen atoms in total. The highest BCUT2D eigenvalue weighted by Gasteiger charge is 2.30. The van der Waals surface area contributed by atoms with E-state index in [4.69, 9.17) is 16.3 Å². The van der Waals surface area contributed by atoms with Crippen LogP contribution >= 0.6 is 23.5 Å². The van der Waals surface area contributed by atoms with E-state index in [0.29, 0.717) is 23.9 Å². The lowest BCUT2D eigenvalue weighted by molar-refractivity contribution is -0.144. The van der Waals surface area contributed by atoms with E-state index < -0.39 is 18.1 Å². The Bertz CT molecular complexity index is 835. The zero-order valence-corrected chi connectivity index (χ0v) is 18.3. The molecule has 2 atom stereocenters. The summed E-state index contributed by atoms with van der Waals surface area (Å²) in [7, 11) is 0. The summed E-state index contributed by atoms with van der Waals surface area (Å²) in [6.07, 6.45) is 0.930. The van der Waals surface area contributed by atoms with Gasteiger partial charge in [-0.25, -0.2) is 4.31 Å². The van der Waals surface area contributed by atoms with Crippen molar-refractivity contribution in [3.8, 4) is 5.75 Å². The first kappa shape index (κ1) is 23.3. The van der Waals surface area contributed by atoms with Crippen molar-refractivity contribution in [2.75, 3.05) is 6.54 Å². The molecule has 0 spiro atoms. The molecule has 2 aromatic carbocycles. The summed E-state index contributed by atoms with van der Waals surface area (Å²) < 4.78 is 7.45. The van der Waals surface area contributed by atoms with Gasteiger partial charge in [-0.15, -0.1) is 0 Å². The van der Waals surface area contributed by atoms with Crippen LogP contribution in [0.2, 0.25) is 5.02 Å². The third-order valence-electron chi connectivity index (χ3n) is 4.04. The number of carboxylic acid groups (broad SMARTS) is 1. The van der Waals surface area contributed by atoms with Crippen molar-refractivity contribution >= 4 is 29.5 Å². The van der Waals surface area contributed by atoms with E-state index in [-0.39, 0.29) is 0 Å². The Labute approximate surface area is 181 Å². The van der Waals surface area contributed by atoms with Crippen molar-refractivity contribution in [3.05, 3.63) is 70.8 Å². The minimum absolute atomic E-state index is 0.405. The third-order valence-corrected chi connectivity index (χ3v) is 5.37. The molecule has 2 unspecified atom stereocenters. The van der Waals surface area contributed by atoms with E-state index in [9.17, 15) is 15.0 Å². The SMILES string of the molecule is CC(C)=CCN(Sc1ccc(OCc2cccc(Cl)c2)cc1)C(C(=O)O)C(C)O. The van der Waals surface area contributed by atoms with Gasteiger partial charge in [0.25, 0.3) is 0 Å². The van der Waals surface area contributed by atoms with Gasteiger partial charge in [0, 0.05) is 16.5 Å². The van der Waals surface area contributed by atoms with E-state index in [1.807, 2.05) is 68.5 Å². The molecular formula is C22H26ClNO4S. The number of benzene rings is 2. The summed E-state index contributed by atoms with van der Waals surface area (Å²) >= 11 is 7.28. The molecule has 0 saturated heterocycles. The van der Waals surface area contributed by atoms with Crippen LogP contribution in [-0.4, -0.2) is 39.2 Å². The molecule has 0 radical (unpaired) electrons. The van der Waals surface area contributed by atoms with Crippen LogP contribution in [0.1, 0.15) is 26.3 Å². The Balaban J connectivity index is 2.06. The molecule has 0 amide bonds. The fourth-order valence-electron chi connectivity index (χ4n) is 2.58. The molecule has 0 heterocycles. The van der Waals surface area contributed by atoms with Crippen molar-refractivity contribution in [1.29, 1.82) is 0 Å². The summed E-state index contributed by atoms with van der Waals surface area (Å²) in [5.41, 5.74) is 2.06. The minimum atomic E-state index is -1.06. The fraction of sp³-hybridized carbons (Fsp3) is 0.318. The second-order valence-electron chi connectivity index (χ2n) is 6.89. The molecule has 0 fully saturated rings. The van der Waals surface area contributed by atoms with Crippen LogP contribution in [0, 0.1) is 0 Å². The first-order chi connectivity index (χ1) is 13.8. The minimum Gasteiger partial charge on any atom is -0.489 e. The first-order valence-corrected chi connectivity index (χ1v) is 10.4. The monoisotopic (exact) mass is 435 g/mol. The molecule has 0 aliphatic rings. The number of aliphatic hydroxyl groups excluding tert-OH is 1. The number of ether oxygens (including phenoxy) is 1. The van der Waals surface area contributed by atoms with Gasteiger partial charge in [0.05, 0.1) is 6.10 Å². The summed E-state index contributed by atoms with van der Waals surface area (Å²) in [6, 6.07) is 13.9. The van der Waals surface area contributed by atoms with E-state index in [0.717, 1.165) is 16.0 Å². The first-order valence-electron chi connectivity index (χ1n) is 9.22. The van der Waals surface area contributed by atoms with Gasteiger partial charge >= 0.3 is 5.97 Å². The molecular weight excluding hydrogens is 410 g/mol. The molecule has 7 heteroatoms. The molecule has 0 saturated carbocycles. The zero-order chi connectivity index (χ0) is 21.4. The fourth-order valence-corrected chi connectivity index (χ4v) is 3.85. The predicted octanol–water partition coefficient (Wildman–Crippen LogP) is 5.03. The van der Waals surface area contributed by atoms with Crippen LogP contribution in [-0.2, 0) is 11.4 Å². The van der Waals surface area contributed by atoms with E-state index >= 15 is 0 Å². The van der Waals surface area contributed by atoms with Crippen LogP contribution in [0.25, 0.3) is 0 Å². The van der Waals surface area contributed by atoms with Gasteiger partial charge in [-0.3, -0.25) is 4.79 Å². The van der Waals surface area contributed by atoms with Crippen molar-refractivity contribution < 1.29 is 19.7 Å². The molecule has 2 N–H and O–H groups in total. The second kappa shape index (κ2) is 11.3. The van der Waals surface area contributed by atoms with Crippen LogP contribution in [0.4, 0.5) is 0 Å². The number of rotatable bonds is 10. The smallest absolute Gasteiger partial charge is 0.324 e. The Kier molecular flexibility index (Phi) is 9.04. The van der Waals surface area contributed by atoms with Crippen molar-refractivity contribution in [3.63, 3.8) is 0 Å². The van der Waals surface area contributed by atoms with Gasteiger partial charge in [-0.1, -0.05) is 35.4 Å². The summed E-state index contributed by atoms with van der Waals surface area (Å²) in [5, 5.41) is 20.2. The maximum atomic E-state index is 11.7. The van der Waals surface area contributed by atoms with Crippen LogP contribution in [0.3, 0.4) is 0 Å². The van der Waals surface area contributed by atoms with E-state index in [1.165, 1.54) is 18.9 Å². The molecule has 2 rings (SSSR count). The Morgan fingerprint density at radius 1 is 1.24 bits per heavy atom. The number of aliphatic carboxylic acids is 1. The van der Waals surface area contributed by atoms with Crippen LogP contribution in [0.15, 0.2) is 65.1 Å².